The molecule has 0 fully saturated rings. The number of aromatic nitrogens is 4. The zero-order chi connectivity index (χ0) is 20.1. The molecule has 0 spiro atoms. The first-order valence-corrected chi connectivity index (χ1v) is 9.72. The number of carboxylic acid groups (broad SMARTS) is 1. The lowest BCUT2D eigenvalue weighted by Crippen LogP contribution is -2.33. The Hall–Kier alpha value is -3.26. The number of aliphatic carboxylic acids is 1. The molecule has 0 saturated carbocycles. The summed E-state index contributed by atoms with van der Waals surface area (Å²) in [6.45, 7) is 2.29. The number of aromatic amines is 1. The summed E-state index contributed by atoms with van der Waals surface area (Å²) in [6.07, 6.45) is 7.36. The maximum absolute atomic E-state index is 10.6. The molecule has 4 rings (SSSR count). The van der Waals surface area contributed by atoms with Crippen LogP contribution in [-0.4, -0.2) is 49.0 Å². The average molecular weight is 392 g/mol. The van der Waals surface area contributed by atoms with E-state index in [1.807, 2.05) is 6.07 Å². The lowest BCUT2D eigenvalue weighted by Gasteiger charge is -2.32. The monoisotopic (exact) mass is 392 g/mol. The molecule has 0 bridgehead atoms. The summed E-state index contributed by atoms with van der Waals surface area (Å²) in [5, 5.41) is 11.4. The normalized spacial score (nSPS) is 16.3. The maximum Gasteiger partial charge on any atom is 0.322 e. The van der Waals surface area contributed by atoms with Gasteiger partial charge in [0.2, 0.25) is 5.95 Å². The predicted molar refractivity (Wildman–Crippen MR) is 108 cm³/mol. The molecule has 1 unspecified atom stereocenters. The van der Waals surface area contributed by atoms with Gasteiger partial charge in [0.1, 0.15) is 6.54 Å². The summed E-state index contributed by atoms with van der Waals surface area (Å²) in [6, 6.07) is 10.5. The van der Waals surface area contributed by atoms with E-state index in [1.165, 1.54) is 17.0 Å². The van der Waals surface area contributed by atoms with E-state index in [2.05, 4.69) is 54.4 Å². The summed E-state index contributed by atoms with van der Waals surface area (Å²) < 4.78 is 0. The van der Waals surface area contributed by atoms with Crippen molar-refractivity contribution in [3.63, 3.8) is 0 Å². The van der Waals surface area contributed by atoms with Gasteiger partial charge in [-0.05, 0) is 18.4 Å². The van der Waals surface area contributed by atoms with Crippen LogP contribution in [0.5, 0.6) is 0 Å². The van der Waals surface area contributed by atoms with Gasteiger partial charge < -0.3 is 15.4 Å². The number of benzene rings is 1. The minimum atomic E-state index is -0.942. The Morgan fingerprint density at radius 2 is 1.97 bits per heavy atom. The molecule has 0 saturated heterocycles. The number of nitrogens with zero attached hydrogens (tertiary/aromatic N) is 4. The Morgan fingerprint density at radius 1 is 1.17 bits per heavy atom. The van der Waals surface area contributed by atoms with Crippen LogP contribution in [0.3, 0.4) is 0 Å². The van der Waals surface area contributed by atoms with Crippen molar-refractivity contribution in [2.24, 2.45) is 0 Å². The predicted octanol–water partition coefficient (Wildman–Crippen LogP) is 2.43. The second kappa shape index (κ2) is 8.83. The zero-order valence-corrected chi connectivity index (χ0v) is 16.1. The first-order chi connectivity index (χ1) is 14.2. The Kier molecular flexibility index (Phi) is 5.81. The van der Waals surface area contributed by atoms with E-state index in [-0.39, 0.29) is 6.54 Å². The molecule has 1 aliphatic heterocycles. The average Bonchev–Trinajstić information content (AvgIpc) is 3.21. The smallest absolute Gasteiger partial charge is 0.322 e. The van der Waals surface area contributed by atoms with Crippen LogP contribution < -0.4 is 5.32 Å². The number of hydrogen-bond donors (Lipinski definition) is 3. The van der Waals surface area contributed by atoms with Crippen molar-refractivity contribution in [2.75, 3.05) is 18.4 Å². The molecule has 0 amide bonds. The Labute approximate surface area is 169 Å². The molecule has 1 atom stereocenters. The zero-order valence-electron chi connectivity index (χ0n) is 16.1. The topological polar surface area (TPSA) is 107 Å². The van der Waals surface area contributed by atoms with Crippen LogP contribution in [0.4, 0.5) is 5.95 Å². The highest BCUT2D eigenvalue weighted by Gasteiger charge is 2.27. The molecule has 3 heterocycles. The molecule has 3 N–H and O–H groups in total. The molecule has 150 valence electrons. The van der Waals surface area contributed by atoms with E-state index in [4.69, 9.17) is 5.11 Å². The highest BCUT2D eigenvalue weighted by Crippen LogP contribution is 2.30. The quantitative estimate of drug-likeness (QED) is 0.540. The van der Waals surface area contributed by atoms with E-state index >= 15 is 0 Å². The van der Waals surface area contributed by atoms with Gasteiger partial charge in [0.05, 0.1) is 17.7 Å². The Morgan fingerprint density at radius 3 is 2.72 bits per heavy atom. The number of nitrogens with one attached hydrogen (secondary N) is 2. The fourth-order valence-electron chi connectivity index (χ4n) is 3.77. The van der Waals surface area contributed by atoms with Crippen LogP contribution >= 0.6 is 0 Å². The van der Waals surface area contributed by atoms with Crippen LogP contribution in [0, 0.1) is 0 Å². The number of carbonyl (C=O) groups is 1. The number of fused-ring (bicyclic) bond motifs is 1. The van der Waals surface area contributed by atoms with Crippen LogP contribution in [0.2, 0.25) is 0 Å². The van der Waals surface area contributed by atoms with Crippen molar-refractivity contribution in [2.45, 2.75) is 31.8 Å². The van der Waals surface area contributed by atoms with Crippen LogP contribution in [0.15, 0.2) is 49.1 Å². The summed E-state index contributed by atoms with van der Waals surface area (Å²) in [4.78, 5) is 29.3. The van der Waals surface area contributed by atoms with Crippen LogP contribution in [-0.2, 0) is 24.3 Å². The molecule has 29 heavy (non-hydrogen) atoms. The molecule has 1 aliphatic rings. The molecule has 8 nitrogen and oxygen atoms in total. The second-order valence-electron chi connectivity index (χ2n) is 7.32. The SMILES string of the molecule is O=C(O)CNc1ncc(CN2Cc3[nH]cnc3C(CCc3ccccc3)C2)cn1. The second-order valence-corrected chi connectivity index (χ2v) is 7.32. The summed E-state index contributed by atoms with van der Waals surface area (Å²) in [5.74, 6) is -0.239. The minimum absolute atomic E-state index is 0.197. The molecular weight excluding hydrogens is 368 g/mol. The van der Waals surface area contributed by atoms with Crippen LogP contribution in [0.25, 0.3) is 0 Å². The van der Waals surface area contributed by atoms with Crippen molar-refractivity contribution >= 4 is 11.9 Å². The number of hydrogen-bond acceptors (Lipinski definition) is 6. The molecule has 1 aromatic carbocycles. The fourth-order valence-corrected chi connectivity index (χ4v) is 3.77. The van der Waals surface area contributed by atoms with Gasteiger partial charge in [-0.1, -0.05) is 30.3 Å². The fraction of sp³-hybridized carbons (Fsp3) is 0.333. The van der Waals surface area contributed by atoms with E-state index in [0.717, 1.165) is 38.0 Å². The number of H-pyrrole nitrogens is 1. The van der Waals surface area contributed by atoms with Crippen molar-refractivity contribution < 1.29 is 9.90 Å². The van der Waals surface area contributed by atoms with E-state index in [9.17, 15) is 4.79 Å². The third-order valence-corrected chi connectivity index (χ3v) is 5.13. The number of anilines is 1. The maximum atomic E-state index is 10.6. The number of carboxylic acids is 1. The molecular formula is C21H24N6O2. The van der Waals surface area contributed by atoms with Gasteiger partial charge in [-0.2, -0.15) is 0 Å². The highest BCUT2D eigenvalue weighted by atomic mass is 16.4. The number of rotatable bonds is 8. The third-order valence-electron chi connectivity index (χ3n) is 5.13. The van der Waals surface area contributed by atoms with Gasteiger partial charge in [0.15, 0.2) is 0 Å². The third kappa shape index (κ3) is 4.97. The van der Waals surface area contributed by atoms with Crippen molar-refractivity contribution in [1.82, 2.24) is 24.8 Å². The van der Waals surface area contributed by atoms with Crippen molar-refractivity contribution in [3.05, 3.63) is 71.6 Å². The highest BCUT2D eigenvalue weighted by molar-refractivity contribution is 5.71. The van der Waals surface area contributed by atoms with Gasteiger partial charge in [-0.25, -0.2) is 15.0 Å². The van der Waals surface area contributed by atoms with E-state index in [1.54, 1.807) is 18.7 Å². The number of aryl methyl sites for hydroxylation is 1. The molecule has 8 heteroatoms. The van der Waals surface area contributed by atoms with Gasteiger partial charge in [-0.3, -0.25) is 9.69 Å². The lowest BCUT2D eigenvalue weighted by atomic mass is 9.92. The first kappa shape index (κ1) is 19.1. The lowest BCUT2D eigenvalue weighted by molar-refractivity contribution is -0.134. The standard InChI is InChI=1S/C21H24N6O2/c28-19(29)10-24-21-22-8-16(9-23-21)11-27-12-17(20-18(13-27)25-14-26-20)7-6-15-4-2-1-3-5-15/h1-5,8-9,14,17H,6-7,10-13H2,(H,25,26)(H,28,29)(H,22,23,24). The first-order valence-electron chi connectivity index (χ1n) is 9.72. The Balaban J connectivity index is 1.39. The van der Waals surface area contributed by atoms with Gasteiger partial charge >= 0.3 is 5.97 Å². The van der Waals surface area contributed by atoms with Crippen LogP contribution in [0.1, 0.15) is 34.9 Å². The van der Waals surface area contributed by atoms with Gasteiger partial charge in [0.25, 0.3) is 0 Å². The van der Waals surface area contributed by atoms with Gasteiger partial charge in [0, 0.05) is 43.5 Å². The van der Waals surface area contributed by atoms with Crippen molar-refractivity contribution in [1.29, 1.82) is 0 Å². The number of imidazole rings is 1. The molecule has 3 aromatic rings. The molecule has 0 aliphatic carbocycles. The summed E-state index contributed by atoms with van der Waals surface area (Å²) >= 11 is 0. The van der Waals surface area contributed by atoms with Gasteiger partial charge in [-0.15, -0.1) is 0 Å². The minimum Gasteiger partial charge on any atom is -0.480 e. The molecule has 0 radical (unpaired) electrons. The Bertz CT molecular complexity index is 941. The molecule has 2 aromatic heterocycles. The van der Waals surface area contributed by atoms with Crippen molar-refractivity contribution in [3.8, 4) is 0 Å². The van der Waals surface area contributed by atoms with E-state index < -0.39 is 5.97 Å². The summed E-state index contributed by atoms with van der Waals surface area (Å²) in [7, 11) is 0. The summed E-state index contributed by atoms with van der Waals surface area (Å²) in [5.41, 5.74) is 4.70. The largest absolute Gasteiger partial charge is 0.480 e. The van der Waals surface area contributed by atoms with E-state index in [0.29, 0.717) is 11.9 Å².